The van der Waals surface area contributed by atoms with Crippen LogP contribution in [0.2, 0.25) is 0 Å². The van der Waals surface area contributed by atoms with Crippen molar-refractivity contribution in [1.29, 1.82) is 0 Å². The summed E-state index contributed by atoms with van der Waals surface area (Å²) in [5, 5.41) is 0. The topological polar surface area (TPSA) is 68.6 Å². The lowest BCUT2D eigenvalue weighted by Crippen LogP contribution is -1.90. The van der Waals surface area contributed by atoms with Gasteiger partial charge >= 0.3 is 0 Å². The summed E-state index contributed by atoms with van der Waals surface area (Å²) in [7, 11) is 0. The molecule has 0 aliphatic heterocycles. The third kappa shape index (κ3) is 3.52. The Bertz CT molecular complexity index is 1070. The molecule has 5 nitrogen and oxygen atoms in total. The van der Waals surface area contributed by atoms with Crippen molar-refractivity contribution in [2.24, 2.45) is 0 Å². The van der Waals surface area contributed by atoms with E-state index in [1.165, 1.54) is 12.2 Å². The normalized spacial score (nSPS) is 11.7. The summed E-state index contributed by atoms with van der Waals surface area (Å²) in [6.07, 6.45) is 9.51. The molecule has 5 heteroatoms. The van der Waals surface area contributed by atoms with Gasteiger partial charge in [-0.3, -0.25) is 14.8 Å². The van der Waals surface area contributed by atoms with Crippen LogP contribution in [0, 0.1) is 0 Å². The van der Waals surface area contributed by atoms with E-state index in [0.717, 1.165) is 22.1 Å². The van der Waals surface area contributed by atoms with E-state index in [0.29, 0.717) is 11.4 Å². The summed E-state index contributed by atoms with van der Waals surface area (Å²) in [4.78, 5) is 29.6. The van der Waals surface area contributed by atoms with E-state index >= 15 is 0 Å². The molecule has 2 aromatic carbocycles. The van der Waals surface area contributed by atoms with Gasteiger partial charge in [0.15, 0.2) is 5.78 Å². The van der Waals surface area contributed by atoms with Gasteiger partial charge in [-0.05, 0) is 48.6 Å². The van der Waals surface area contributed by atoms with Crippen molar-refractivity contribution in [3.63, 3.8) is 0 Å². The molecule has 4 aromatic rings. The van der Waals surface area contributed by atoms with Crippen molar-refractivity contribution in [2.45, 2.75) is 0 Å². The van der Waals surface area contributed by atoms with Crippen LogP contribution in [0.1, 0.15) is 11.4 Å². The van der Waals surface area contributed by atoms with Gasteiger partial charge in [-0.15, -0.1) is 0 Å². The summed E-state index contributed by atoms with van der Waals surface area (Å²) in [5.74, 6) is -0.157. The van der Waals surface area contributed by atoms with Gasteiger partial charge in [0, 0.05) is 0 Å². The number of hydrogen-bond donors (Lipinski definition) is 0. The van der Waals surface area contributed by atoms with E-state index in [-0.39, 0.29) is 5.78 Å². The van der Waals surface area contributed by atoms with Gasteiger partial charge in [0.05, 0.1) is 45.8 Å². The largest absolute Gasteiger partial charge is 0.290 e. The predicted octanol–water partition coefficient (Wildman–Crippen LogP) is 3.87. The maximum Gasteiger partial charge on any atom is 0.178 e. The van der Waals surface area contributed by atoms with Crippen LogP contribution in [0.15, 0.2) is 73.1 Å². The number of aromatic nitrogens is 4. The number of allylic oxidation sites excluding steroid dienone is 2. The Morgan fingerprint density at radius 2 is 1.08 bits per heavy atom. The van der Waals surface area contributed by atoms with Crippen LogP contribution in [0.5, 0.6) is 0 Å². The molecule has 4 rings (SSSR count). The van der Waals surface area contributed by atoms with Crippen LogP contribution in [-0.4, -0.2) is 25.7 Å². The molecule has 0 fully saturated rings. The van der Waals surface area contributed by atoms with E-state index in [4.69, 9.17) is 0 Å². The van der Waals surface area contributed by atoms with Crippen molar-refractivity contribution in [3.05, 3.63) is 84.5 Å². The number of rotatable bonds is 4. The molecule has 0 unspecified atom stereocenters. The Morgan fingerprint density at radius 1 is 0.654 bits per heavy atom. The lowest BCUT2D eigenvalue weighted by molar-refractivity contribution is -0.110. The van der Waals surface area contributed by atoms with Crippen LogP contribution < -0.4 is 0 Å². The maximum absolute atomic E-state index is 12.0. The molecule has 0 atom stereocenters. The van der Waals surface area contributed by atoms with Crippen LogP contribution in [0.3, 0.4) is 0 Å². The minimum atomic E-state index is -0.157. The minimum Gasteiger partial charge on any atom is -0.290 e. The van der Waals surface area contributed by atoms with E-state index in [2.05, 4.69) is 19.9 Å². The number of ketones is 1. The number of hydrogen-bond acceptors (Lipinski definition) is 5. The van der Waals surface area contributed by atoms with E-state index in [9.17, 15) is 4.79 Å². The SMILES string of the molecule is O=C(C=Cc1cnc2ccccc2n1)C=Cc1cnc2ccccc2n1. The van der Waals surface area contributed by atoms with Gasteiger partial charge in [-0.25, -0.2) is 9.97 Å². The molecule has 0 bridgehead atoms. The van der Waals surface area contributed by atoms with Gasteiger partial charge in [-0.2, -0.15) is 0 Å². The third-order valence-electron chi connectivity index (χ3n) is 3.77. The number of para-hydroxylation sites is 4. The van der Waals surface area contributed by atoms with Crippen molar-refractivity contribution < 1.29 is 4.79 Å². The van der Waals surface area contributed by atoms with E-state index in [1.807, 2.05) is 48.5 Å². The van der Waals surface area contributed by atoms with Crippen molar-refractivity contribution in [3.8, 4) is 0 Å². The molecular formula is C21H14N4O. The van der Waals surface area contributed by atoms with Gasteiger partial charge in [-0.1, -0.05) is 24.3 Å². The average Bonchev–Trinajstić information content (AvgIpc) is 2.70. The molecule has 0 spiro atoms. The van der Waals surface area contributed by atoms with Crippen LogP contribution in [0.4, 0.5) is 0 Å². The van der Waals surface area contributed by atoms with Gasteiger partial charge in [0.25, 0.3) is 0 Å². The Labute approximate surface area is 149 Å². The average molecular weight is 338 g/mol. The zero-order valence-corrected chi connectivity index (χ0v) is 13.8. The molecule has 2 heterocycles. The van der Waals surface area contributed by atoms with Crippen LogP contribution in [-0.2, 0) is 4.79 Å². The van der Waals surface area contributed by atoms with Gasteiger partial charge in [0.1, 0.15) is 0 Å². The van der Waals surface area contributed by atoms with Crippen molar-refractivity contribution >= 4 is 40.0 Å². The molecular weight excluding hydrogens is 324 g/mol. The molecule has 26 heavy (non-hydrogen) atoms. The van der Waals surface area contributed by atoms with Crippen LogP contribution >= 0.6 is 0 Å². The molecule has 124 valence electrons. The maximum atomic E-state index is 12.0. The summed E-state index contributed by atoms with van der Waals surface area (Å²) in [6.45, 7) is 0. The summed E-state index contributed by atoms with van der Waals surface area (Å²) in [6, 6.07) is 15.2. The quantitative estimate of drug-likeness (QED) is 0.528. The summed E-state index contributed by atoms with van der Waals surface area (Å²) >= 11 is 0. The zero-order chi connectivity index (χ0) is 17.8. The number of carbonyl (C=O) groups is 1. The second kappa shape index (κ2) is 7.03. The molecule has 0 N–H and O–H groups in total. The first kappa shape index (κ1) is 15.8. The number of carbonyl (C=O) groups excluding carboxylic acids is 1. The smallest absolute Gasteiger partial charge is 0.178 e. The van der Waals surface area contributed by atoms with E-state index in [1.54, 1.807) is 24.5 Å². The van der Waals surface area contributed by atoms with Gasteiger partial charge < -0.3 is 0 Å². The standard InChI is InChI=1S/C21H14N4O/c26-17(11-9-15-13-22-18-5-1-3-7-20(18)24-15)12-10-16-14-23-19-6-2-4-8-21(19)25-16/h1-14H. The molecule has 0 saturated carbocycles. The minimum absolute atomic E-state index is 0.157. The van der Waals surface area contributed by atoms with Crippen molar-refractivity contribution in [2.75, 3.05) is 0 Å². The monoisotopic (exact) mass is 338 g/mol. The lowest BCUT2D eigenvalue weighted by Gasteiger charge is -1.97. The Kier molecular flexibility index (Phi) is 4.26. The Balaban J connectivity index is 1.49. The number of benzene rings is 2. The first-order valence-corrected chi connectivity index (χ1v) is 8.12. The molecule has 0 aliphatic carbocycles. The number of nitrogens with zero attached hydrogens (tertiary/aromatic N) is 4. The highest BCUT2D eigenvalue weighted by molar-refractivity contribution is 6.04. The third-order valence-corrected chi connectivity index (χ3v) is 3.77. The second-order valence-corrected chi connectivity index (χ2v) is 5.64. The molecule has 2 aromatic heterocycles. The van der Waals surface area contributed by atoms with E-state index < -0.39 is 0 Å². The Morgan fingerprint density at radius 3 is 1.54 bits per heavy atom. The highest BCUT2D eigenvalue weighted by atomic mass is 16.1. The van der Waals surface area contributed by atoms with Gasteiger partial charge in [0.2, 0.25) is 0 Å². The van der Waals surface area contributed by atoms with Crippen molar-refractivity contribution in [1.82, 2.24) is 19.9 Å². The second-order valence-electron chi connectivity index (χ2n) is 5.64. The zero-order valence-electron chi connectivity index (χ0n) is 13.8. The fraction of sp³-hybridized carbons (Fsp3) is 0. The lowest BCUT2D eigenvalue weighted by atomic mass is 10.2. The fourth-order valence-electron chi connectivity index (χ4n) is 2.49. The highest BCUT2D eigenvalue weighted by Gasteiger charge is 1.98. The molecule has 0 radical (unpaired) electrons. The molecule has 0 aliphatic rings. The first-order chi connectivity index (χ1) is 12.8. The van der Waals surface area contributed by atoms with Crippen LogP contribution in [0.25, 0.3) is 34.2 Å². The highest BCUT2D eigenvalue weighted by Crippen LogP contribution is 2.10. The first-order valence-electron chi connectivity index (χ1n) is 8.12. The molecule has 0 amide bonds. The fourth-order valence-corrected chi connectivity index (χ4v) is 2.49. The summed E-state index contributed by atoms with van der Waals surface area (Å²) < 4.78 is 0. The molecule has 0 saturated heterocycles. The number of fused-ring (bicyclic) bond motifs is 2. The Hall–Kier alpha value is -3.73. The predicted molar refractivity (Wildman–Crippen MR) is 102 cm³/mol. The summed E-state index contributed by atoms with van der Waals surface area (Å²) in [5.41, 5.74) is 4.51.